The third-order valence-electron chi connectivity index (χ3n) is 4.48. The molecule has 0 aromatic heterocycles. The maximum Gasteiger partial charge on any atom is 0.224 e. The summed E-state index contributed by atoms with van der Waals surface area (Å²) in [5.41, 5.74) is 2.88. The lowest BCUT2D eigenvalue weighted by Crippen LogP contribution is -2.41. The zero-order chi connectivity index (χ0) is 18.0. The van der Waals surface area contributed by atoms with Crippen LogP contribution < -0.4 is 14.8 Å². The molecule has 25 heavy (non-hydrogen) atoms. The van der Waals surface area contributed by atoms with Crippen molar-refractivity contribution in [3.05, 3.63) is 59.2 Å². The van der Waals surface area contributed by atoms with E-state index in [1.54, 1.807) is 7.11 Å². The van der Waals surface area contributed by atoms with Crippen LogP contribution in [0.5, 0.6) is 11.5 Å². The zero-order valence-corrected chi connectivity index (χ0v) is 15.3. The Labute approximate surface area is 149 Å². The summed E-state index contributed by atoms with van der Waals surface area (Å²) in [7, 11) is 1.63. The van der Waals surface area contributed by atoms with Crippen LogP contribution in [0.25, 0.3) is 0 Å². The van der Waals surface area contributed by atoms with Crippen LogP contribution in [0.3, 0.4) is 0 Å². The van der Waals surface area contributed by atoms with Crippen LogP contribution in [0.15, 0.2) is 42.5 Å². The monoisotopic (exact) mass is 339 g/mol. The normalized spacial score (nSPS) is 18.0. The Morgan fingerprint density at radius 3 is 2.64 bits per heavy atom. The maximum absolute atomic E-state index is 12.6. The van der Waals surface area contributed by atoms with Crippen LogP contribution in [-0.2, 0) is 11.2 Å². The van der Waals surface area contributed by atoms with Crippen LogP contribution >= 0.6 is 0 Å². The van der Waals surface area contributed by atoms with Crippen molar-refractivity contribution in [1.29, 1.82) is 0 Å². The van der Waals surface area contributed by atoms with Gasteiger partial charge >= 0.3 is 0 Å². The van der Waals surface area contributed by atoms with Gasteiger partial charge in [-0.2, -0.15) is 0 Å². The first-order valence-corrected chi connectivity index (χ1v) is 8.58. The summed E-state index contributed by atoms with van der Waals surface area (Å²) in [5, 5.41) is 3.18. The van der Waals surface area contributed by atoms with E-state index >= 15 is 0 Å². The summed E-state index contributed by atoms with van der Waals surface area (Å²) in [6.07, 6.45) is 1.10. The van der Waals surface area contributed by atoms with Gasteiger partial charge in [0.15, 0.2) is 0 Å². The van der Waals surface area contributed by atoms with Crippen molar-refractivity contribution >= 4 is 5.91 Å². The summed E-state index contributed by atoms with van der Waals surface area (Å²) in [6.45, 7) is 6.16. The highest BCUT2D eigenvalue weighted by Crippen LogP contribution is 2.39. The SMILES string of the molecule is COc1ccc(CC(=O)N[C@@H]2CC(C)(C)Oc3ccc(C)cc32)cc1. The average molecular weight is 339 g/mol. The van der Waals surface area contributed by atoms with Crippen molar-refractivity contribution in [3.63, 3.8) is 0 Å². The van der Waals surface area contributed by atoms with E-state index in [9.17, 15) is 4.79 Å². The van der Waals surface area contributed by atoms with Gasteiger partial charge in [0.25, 0.3) is 0 Å². The third kappa shape index (κ3) is 4.13. The lowest BCUT2D eigenvalue weighted by atomic mass is 9.89. The largest absolute Gasteiger partial charge is 0.497 e. The quantitative estimate of drug-likeness (QED) is 0.917. The number of carbonyl (C=O) groups excluding carboxylic acids is 1. The van der Waals surface area contributed by atoms with E-state index in [-0.39, 0.29) is 17.6 Å². The molecular weight excluding hydrogens is 314 g/mol. The molecule has 0 aliphatic carbocycles. The number of aryl methyl sites for hydroxylation is 1. The van der Waals surface area contributed by atoms with Crippen LogP contribution in [-0.4, -0.2) is 18.6 Å². The number of nitrogens with one attached hydrogen (secondary N) is 1. The van der Waals surface area contributed by atoms with Gasteiger partial charge in [-0.1, -0.05) is 29.8 Å². The number of hydrogen-bond acceptors (Lipinski definition) is 3. The molecule has 3 rings (SSSR count). The molecule has 2 aromatic carbocycles. The molecule has 0 spiro atoms. The van der Waals surface area contributed by atoms with Crippen LogP contribution in [0.1, 0.15) is 43.0 Å². The van der Waals surface area contributed by atoms with Crippen LogP contribution in [0, 0.1) is 6.92 Å². The molecule has 0 bridgehead atoms. The van der Waals surface area contributed by atoms with Crippen molar-refractivity contribution in [1.82, 2.24) is 5.32 Å². The fourth-order valence-electron chi connectivity index (χ4n) is 3.28. The van der Waals surface area contributed by atoms with Crippen LogP contribution in [0.2, 0.25) is 0 Å². The first-order valence-electron chi connectivity index (χ1n) is 8.58. The summed E-state index contributed by atoms with van der Waals surface area (Å²) in [6, 6.07) is 13.7. The van der Waals surface area contributed by atoms with E-state index in [4.69, 9.17) is 9.47 Å². The van der Waals surface area contributed by atoms with Crippen molar-refractivity contribution < 1.29 is 14.3 Å². The van der Waals surface area contributed by atoms with Crippen LogP contribution in [0.4, 0.5) is 0 Å². The van der Waals surface area contributed by atoms with E-state index in [2.05, 4.69) is 32.2 Å². The molecule has 0 unspecified atom stereocenters. The molecule has 132 valence electrons. The van der Waals surface area contributed by atoms with Crippen molar-refractivity contribution in [2.45, 2.75) is 45.3 Å². The molecule has 0 saturated carbocycles. The van der Waals surface area contributed by atoms with Crippen molar-refractivity contribution in [3.8, 4) is 11.5 Å². The Kier molecular flexibility index (Phi) is 4.71. The van der Waals surface area contributed by atoms with Gasteiger partial charge in [-0.05, 0) is 44.5 Å². The zero-order valence-electron chi connectivity index (χ0n) is 15.3. The first-order chi connectivity index (χ1) is 11.9. The molecule has 1 N–H and O–H groups in total. The minimum Gasteiger partial charge on any atom is -0.497 e. The maximum atomic E-state index is 12.6. The van der Waals surface area contributed by atoms with E-state index in [0.717, 1.165) is 34.6 Å². The summed E-state index contributed by atoms with van der Waals surface area (Å²) in [5.74, 6) is 1.66. The number of hydrogen-bond donors (Lipinski definition) is 1. The lowest BCUT2D eigenvalue weighted by Gasteiger charge is -2.38. The number of benzene rings is 2. The highest BCUT2D eigenvalue weighted by atomic mass is 16.5. The first kappa shape index (κ1) is 17.3. The summed E-state index contributed by atoms with van der Waals surface area (Å²) in [4.78, 5) is 12.6. The number of rotatable bonds is 4. The van der Waals surface area contributed by atoms with Gasteiger partial charge in [0, 0.05) is 12.0 Å². The molecule has 1 atom stereocenters. The molecule has 1 aliphatic heterocycles. The Morgan fingerprint density at radius 2 is 1.96 bits per heavy atom. The Bertz CT molecular complexity index is 765. The van der Waals surface area contributed by atoms with Gasteiger partial charge in [0.2, 0.25) is 5.91 Å². The predicted octanol–water partition coefficient (Wildman–Crippen LogP) is 3.96. The Morgan fingerprint density at radius 1 is 1.24 bits per heavy atom. The second-order valence-corrected chi connectivity index (χ2v) is 7.25. The second kappa shape index (κ2) is 6.79. The van der Waals surface area contributed by atoms with Gasteiger partial charge in [-0.25, -0.2) is 0 Å². The van der Waals surface area contributed by atoms with Gasteiger partial charge < -0.3 is 14.8 Å². The summed E-state index contributed by atoms with van der Waals surface area (Å²) < 4.78 is 11.2. The van der Waals surface area contributed by atoms with Crippen molar-refractivity contribution in [2.24, 2.45) is 0 Å². The second-order valence-electron chi connectivity index (χ2n) is 7.25. The molecule has 0 radical (unpaired) electrons. The number of fused-ring (bicyclic) bond motifs is 1. The number of ether oxygens (including phenoxy) is 2. The smallest absolute Gasteiger partial charge is 0.224 e. The fraction of sp³-hybridized carbons (Fsp3) is 0.381. The highest BCUT2D eigenvalue weighted by Gasteiger charge is 2.34. The molecule has 0 fully saturated rings. The summed E-state index contributed by atoms with van der Waals surface area (Å²) >= 11 is 0. The van der Waals surface area contributed by atoms with E-state index in [0.29, 0.717) is 6.42 Å². The topological polar surface area (TPSA) is 47.6 Å². The number of amides is 1. The molecule has 0 saturated heterocycles. The molecular formula is C21H25NO3. The van der Waals surface area contributed by atoms with E-state index < -0.39 is 0 Å². The molecule has 4 nitrogen and oxygen atoms in total. The lowest BCUT2D eigenvalue weighted by molar-refractivity contribution is -0.121. The minimum absolute atomic E-state index is 0.0142. The number of methoxy groups -OCH3 is 1. The third-order valence-corrected chi connectivity index (χ3v) is 4.48. The molecule has 1 amide bonds. The Balaban J connectivity index is 1.74. The standard InChI is InChI=1S/C21H25NO3/c1-14-5-10-19-17(11-14)18(13-21(2,3)25-19)22-20(23)12-15-6-8-16(24-4)9-7-15/h5-11,18H,12-13H2,1-4H3,(H,22,23)/t18-/m1/s1. The Hall–Kier alpha value is -2.49. The molecule has 2 aromatic rings. The van der Waals surface area contributed by atoms with Gasteiger partial charge in [0.05, 0.1) is 19.6 Å². The van der Waals surface area contributed by atoms with Gasteiger partial charge in [0.1, 0.15) is 17.1 Å². The van der Waals surface area contributed by atoms with E-state index in [1.165, 1.54) is 0 Å². The average Bonchev–Trinajstić information content (AvgIpc) is 2.55. The van der Waals surface area contributed by atoms with Gasteiger partial charge in [-0.3, -0.25) is 4.79 Å². The molecule has 4 heteroatoms. The minimum atomic E-state index is -0.305. The van der Waals surface area contributed by atoms with Gasteiger partial charge in [-0.15, -0.1) is 0 Å². The predicted molar refractivity (Wildman–Crippen MR) is 98.1 cm³/mol. The number of carbonyl (C=O) groups is 1. The highest BCUT2D eigenvalue weighted by molar-refractivity contribution is 5.79. The molecule has 1 aliphatic rings. The van der Waals surface area contributed by atoms with Crippen molar-refractivity contribution in [2.75, 3.05) is 7.11 Å². The van der Waals surface area contributed by atoms with E-state index in [1.807, 2.05) is 36.4 Å². The molecule has 1 heterocycles. The fourth-order valence-corrected chi connectivity index (χ4v) is 3.28.